The summed E-state index contributed by atoms with van der Waals surface area (Å²) >= 11 is 0. The van der Waals surface area contributed by atoms with Gasteiger partial charge in [0.25, 0.3) is 0 Å². The molecule has 3 rings (SSSR count). The van der Waals surface area contributed by atoms with E-state index in [9.17, 15) is 0 Å². The lowest BCUT2D eigenvalue weighted by Crippen LogP contribution is -2.26. The van der Waals surface area contributed by atoms with E-state index in [0.717, 1.165) is 19.6 Å². The first-order chi connectivity index (χ1) is 9.30. The predicted molar refractivity (Wildman–Crippen MR) is 74.9 cm³/mol. The molecule has 2 heterocycles. The molecule has 0 amide bonds. The molecule has 1 aromatic rings. The standard InChI is InChI=1S/C15H25N3O/c1-2-16-9-13-10-17-18(11-13)12-14-5-8-15(19-14)6-3-4-7-15/h10-11,14,16H,2-9,12H2,1H3. The summed E-state index contributed by atoms with van der Waals surface area (Å²) in [6.45, 7) is 4.94. The molecule has 4 nitrogen and oxygen atoms in total. The zero-order valence-corrected chi connectivity index (χ0v) is 11.9. The van der Waals surface area contributed by atoms with Crippen LogP contribution in [-0.2, 0) is 17.8 Å². The van der Waals surface area contributed by atoms with E-state index in [1.54, 1.807) is 0 Å². The third-order valence-corrected chi connectivity index (χ3v) is 4.51. The summed E-state index contributed by atoms with van der Waals surface area (Å²) in [5.74, 6) is 0. The van der Waals surface area contributed by atoms with Crippen molar-refractivity contribution in [1.29, 1.82) is 0 Å². The minimum absolute atomic E-state index is 0.240. The Morgan fingerprint density at radius 1 is 1.42 bits per heavy atom. The second kappa shape index (κ2) is 5.63. The Morgan fingerprint density at radius 3 is 3.05 bits per heavy atom. The van der Waals surface area contributed by atoms with Crippen molar-refractivity contribution in [3.05, 3.63) is 18.0 Å². The van der Waals surface area contributed by atoms with Crippen LogP contribution in [0.25, 0.3) is 0 Å². The maximum absolute atomic E-state index is 6.33. The molecule has 0 radical (unpaired) electrons. The molecular formula is C15H25N3O. The molecule has 1 aliphatic heterocycles. The average Bonchev–Trinajstić information content (AvgIpc) is 3.12. The lowest BCUT2D eigenvalue weighted by Gasteiger charge is -2.23. The van der Waals surface area contributed by atoms with Crippen LogP contribution >= 0.6 is 0 Å². The monoisotopic (exact) mass is 263 g/mol. The van der Waals surface area contributed by atoms with E-state index in [1.807, 2.05) is 10.9 Å². The molecule has 0 bridgehead atoms. The fourth-order valence-electron chi connectivity index (χ4n) is 3.49. The van der Waals surface area contributed by atoms with Crippen molar-refractivity contribution in [2.75, 3.05) is 6.54 Å². The summed E-state index contributed by atoms with van der Waals surface area (Å²) < 4.78 is 8.37. The average molecular weight is 263 g/mol. The minimum atomic E-state index is 0.240. The Balaban J connectivity index is 1.53. The fourth-order valence-corrected chi connectivity index (χ4v) is 3.49. The van der Waals surface area contributed by atoms with E-state index in [2.05, 4.69) is 23.5 Å². The van der Waals surface area contributed by atoms with Crippen LogP contribution in [0, 0.1) is 0 Å². The van der Waals surface area contributed by atoms with Crippen molar-refractivity contribution in [2.45, 2.75) is 70.2 Å². The van der Waals surface area contributed by atoms with Crippen LogP contribution in [0.1, 0.15) is 51.0 Å². The van der Waals surface area contributed by atoms with Crippen molar-refractivity contribution >= 4 is 0 Å². The second-order valence-corrected chi connectivity index (χ2v) is 6.02. The van der Waals surface area contributed by atoms with Crippen LogP contribution in [0.15, 0.2) is 12.4 Å². The van der Waals surface area contributed by atoms with Crippen molar-refractivity contribution in [3.8, 4) is 0 Å². The van der Waals surface area contributed by atoms with E-state index in [0.29, 0.717) is 6.10 Å². The molecule has 4 heteroatoms. The fraction of sp³-hybridized carbons (Fsp3) is 0.800. The van der Waals surface area contributed by atoms with Crippen molar-refractivity contribution < 1.29 is 4.74 Å². The maximum Gasteiger partial charge on any atom is 0.0779 e. The van der Waals surface area contributed by atoms with Gasteiger partial charge in [-0.3, -0.25) is 4.68 Å². The third kappa shape index (κ3) is 3.00. The van der Waals surface area contributed by atoms with E-state index >= 15 is 0 Å². The molecule has 19 heavy (non-hydrogen) atoms. The van der Waals surface area contributed by atoms with Gasteiger partial charge in [0.2, 0.25) is 0 Å². The molecule has 106 valence electrons. The van der Waals surface area contributed by atoms with Gasteiger partial charge in [0.05, 0.1) is 24.4 Å². The molecule has 1 aliphatic carbocycles. The van der Waals surface area contributed by atoms with Gasteiger partial charge in [-0.05, 0) is 32.2 Å². The summed E-state index contributed by atoms with van der Waals surface area (Å²) in [6.07, 6.45) is 12.2. The highest BCUT2D eigenvalue weighted by atomic mass is 16.5. The number of nitrogens with zero attached hydrogens (tertiary/aromatic N) is 2. The molecule has 1 unspecified atom stereocenters. The maximum atomic E-state index is 6.33. The van der Waals surface area contributed by atoms with Gasteiger partial charge in [0.1, 0.15) is 0 Å². The lowest BCUT2D eigenvalue weighted by atomic mass is 9.98. The van der Waals surface area contributed by atoms with E-state index in [4.69, 9.17) is 4.74 Å². The van der Waals surface area contributed by atoms with Crippen LogP contribution in [0.4, 0.5) is 0 Å². The van der Waals surface area contributed by atoms with Gasteiger partial charge in [0.15, 0.2) is 0 Å². The summed E-state index contributed by atoms with van der Waals surface area (Å²) in [5.41, 5.74) is 1.50. The number of aromatic nitrogens is 2. The van der Waals surface area contributed by atoms with Crippen LogP contribution in [0.3, 0.4) is 0 Å². The Hall–Kier alpha value is -0.870. The van der Waals surface area contributed by atoms with Crippen LogP contribution in [-0.4, -0.2) is 28.0 Å². The first kappa shape index (κ1) is 13.1. The summed E-state index contributed by atoms with van der Waals surface area (Å²) in [6, 6.07) is 0. The molecule has 1 saturated heterocycles. The third-order valence-electron chi connectivity index (χ3n) is 4.51. The first-order valence-electron chi connectivity index (χ1n) is 7.69. The van der Waals surface area contributed by atoms with Crippen LogP contribution in [0.5, 0.6) is 0 Å². The van der Waals surface area contributed by atoms with E-state index in [-0.39, 0.29) is 5.60 Å². The van der Waals surface area contributed by atoms with Crippen molar-refractivity contribution in [1.82, 2.24) is 15.1 Å². The molecule has 2 fully saturated rings. The highest BCUT2D eigenvalue weighted by Crippen LogP contribution is 2.43. The topological polar surface area (TPSA) is 39.1 Å². The number of nitrogens with one attached hydrogen (secondary N) is 1. The van der Waals surface area contributed by atoms with E-state index < -0.39 is 0 Å². The van der Waals surface area contributed by atoms with Crippen LogP contribution in [0.2, 0.25) is 0 Å². The molecule has 0 aromatic carbocycles. The quantitative estimate of drug-likeness (QED) is 0.887. The summed E-state index contributed by atoms with van der Waals surface area (Å²) in [5, 5.41) is 7.77. The van der Waals surface area contributed by atoms with Gasteiger partial charge in [-0.25, -0.2) is 0 Å². The van der Waals surface area contributed by atoms with E-state index in [1.165, 1.54) is 44.1 Å². The Morgan fingerprint density at radius 2 is 2.26 bits per heavy atom. The number of rotatable bonds is 5. The Labute approximate surface area is 115 Å². The molecule has 1 spiro atoms. The first-order valence-corrected chi connectivity index (χ1v) is 7.69. The van der Waals surface area contributed by atoms with Gasteiger partial charge >= 0.3 is 0 Å². The Kier molecular flexibility index (Phi) is 3.89. The molecule has 2 aliphatic rings. The predicted octanol–water partition coefficient (Wildman–Crippen LogP) is 2.48. The van der Waals surface area contributed by atoms with Crippen molar-refractivity contribution in [3.63, 3.8) is 0 Å². The van der Waals surface area contributed by atoms with Crippen molar-refractivity contribution in [2.24, 2.45) is 0 Å². The largest absolute Gasteiger partial charge is 0.370 e. The number of hydrogen-bond donors (Lipinski definition) is 1. The highest BCUT2D eigenvalue weighted by Gasteiger charge is 2.42. The zero-order valence-electron chi connectivity index (χ0n) is 11.9. The minimum Gasteiger partial charge on any atom is -0.370 e. The summed E-state index contributed by atoms with van der Waals surface area (Å²) in [4.78, 5) is 0. The molecule has 1 atom stereocenters. The molecule has 1 aromatic heterocycles. The normalized spacial score (nSPS) is 25.4. The van der Waals surface area contributed by atoms with Crippen LogP contribution < -0.4 is 5.32 Å². The van der Waals surface area contributed by atoms with Gasteiger partial charge < -0.3 is 10.1 Å². The number of hydrogen-bond acceptors (Lipinski definition) is 3. The van der Waals surface area contributed by atoms with Gasteiger partial charge in [-0.2, -0.15) is 5.10 Å². The SMILES string of the molecule is CCNCc1cnn(CC2CCC3(CCCC3)O2)c1. The van der Waals surface area contributed by atoms with Gasteiger partial charge in [-0.15, -0.1) is 0 Å². The molecule has 1 N–H and O–H groups in total. The highest BCUT2D eigenvalue weighted by molar-refractivity contribution is 5.03. The lowest BCUT2D eigenvalue weighted by molar-refractivity contribution is -0.0429. The number of ether oxygens (including phenoxy) is 1. The molecule has 1 saturated carbocycles. The molecular weight excluding hydrogens is 238 g/mol. The van der Waals surface area contributed by atoms with Gasteiger partial charge in [-0.1, -0.05) is 19.8 Å². The Bertz CT molecular complexity index is 409. The summed E-state index contributed by atoms with van der Waals surface area (Å²) in [7, 11) is 0. The smallest absolute Gasteiger partial charge is 0.0779 e. The second-order valence-electron chi connectivity index (χ2n) is 6.02. The zero-order chi connectivity index (χ0) is 13.1. The van der Waals surface area contributed by atoms with Gasteiger partial charge in [0, 0.05) is 18.3 Å².